The Morgan fingerprint density at radius 2 is 2.00 bits per heavy atom. The lowest BCUT2D eigenvalue weighted by Gasteiger charge is -2.06. The fourth-order valence-corrected chi connectivity index (χ4v) is 3.37. The minimum absolute atomic E-state index is 0.156. The number of thiazole rings is 1. The third-order valence-electron chi connectivity index (χ3n) is 3.60. The summed E-state index contributed by atoms with van der Waals surface area (Å²) in [5.41, 5.74) is 1.69. The monoisotopic (exact) mass is 332 g/mol. The molecule has 5 nitrogen and oxygen atoms in total. The topological polar surface area (TPSA) is 59.3 Å². The van der Waals surface area contributed by atoms with Gasteiger partial charge in [0, 0.05) is 18.2 Å². The van der Waals surface area contributed by atoms with Gasteiger partial charge in [0.15, 0.2) is 0 Å². The van der Waals surface area contributed by atoms with Gasteiger partial charge in [-0.2, -0.15) is 0 Å². The van der Waals surface area contributed by atoms with Crippen molar-refractivity contribution in [1.82, 2.24) is 19.9 Å². The molecule has 1 aromatic carbocycles. The van der Waals surface area contributed by atoms with Crippen molar-refractivity contribution in [2.24, 2.45) is 0 Å². The Labute approximate surface area is 137 Å². The maximum Gasteiger partial charge on any atom is 0.263 e. The van der Waals surface area contributed by atoms with Gasteiger partial charge in [0.05, 0.1) is 0 Å². The molecule has 0 fully saturated rings. The molecule has 2 aromatic heterocycles. The number of amides is 1. The summed E-state index contributed by atoms with van der Waals surface area (Å²) >= 11 is 1.33. The fourth-order valence-electron chi connectivity index (χ4n) is 2.38. The number of aromatic nitrogens is 3. The Morgan fingerprint density at radius 3 is 2.65 bits per heavy atom. The van der Waals surface area contributed by atoms with Gasteiger partial charge in [-0.05, 0) is 24.6 Å². The standard InChI is InChI=1S/C16H17FN4OS/c1-9(2)14-19-20-16-21(14)10(3)13(23-16)15(22)18-8-11-4-6-12(17)7-5-11/h4-7,9H,8H2,1-3H3,(H,18,22). The molecule has 0 bridgehead atoms. The maximum absolute atomic E-state index is 12.9. The van der Waals surface area contributed by atoms with Crippen LogP contribution in [-0.2, 0) is 6.54 Å². The summed E-state index contributed by atoms with van der Waals surface area (Å²) in [6, 6.07) is 6.08. The first-order valence-corrected chi connectivity index (χ1v) is 8.16. The van der Waals surface area contributed by atoms with Crippen LogP contribution in [0.4, 0.5) is 4.39 Å². The summed E-state index contributed by atoms with van der Waals surface area (Å²) in [7, 11) is 0. The highest BCUT2D eigenvalue weighted by molar-refractivity contribution is 7.19. The summed E-state index contributed by atoms with van der Waals surface area (Å²) in [5.74, 6) is 0.640. The molecule has 23 heavy (non-hydrogen) atoms. The van der Waals surface area contributed by atoms with Crippen LogP contribution in [0.5, 0.6) is 0 Å². The van der Waals surface area contributed by atoms with Crippen LogP contribution >= 0.6 is 11.3 Å². The molecule has 0 saturated carbocycles. The quantitative estimate of drug-likeness (QED) is 0.797. The van der Waals surface area contributed by atoms with Crippen LogP contribution in [-0.4, -0.2) is 20.5 Å². The van der Waals surface area contributed by atoms with Gasteiger partial charge in [0.1, 0.15) is 16.5 Å². The van der Waals surface area contributed by atoms with E-state index in [1.807, 2.05) is 25.2 Å². The molecule has 3 aromatic rings. The fraction of sp³-hybridized carbons (Fsp3) is 0.312. The lowest BCUT2D eigenvalue weighted by molar-refractivity contribution is 0.0954. The van der Waals surface area contributed by atoms with Gasteiger partial charge in [-0.3, -0.25) is 9.20 Å². The Kier molecular flexibility index (Phi) is 4.12. The number of nitrogens with one attached hydrogen (secondary N) is 1. The van der Waals surface area contributed by atoms with Gasteiger partial charge in [0.2, 0.25) is 4.96 Å². The number of hydrogen-bond acceptors (Lipinski definition) is 4. The summed E-state index contributed by atoms with van der Waals surface area (Å²) in [6.45, 7) is 6.34. The Bertz CT molecular complexity index is 851. The molecule has 1 N–H and O–H groups in total. The first-order chi connectivity index (χ1) is 11.0. The lowest BCUT2D eigenvalue weighted by Crippen LogP contribution is -2.22. The molecule has 2 heterocycles. The van der Waals surface area contributed by atoms with Gasteiger partial charge in [-0.15, -0.1) is 10.2 Å². The number of hydrogen-bond donors (Lipinski definition) is 1. The zero-order valence-corrected chi connectivity index (χ0v) is 13.9. The molecule has 0 spiro atoms. The average molecular weight is 332 g/mol. The largest absolute Gasteiger partial charge is 0.347 e. The van der Waals surface area contributed by atoms with E-state index in [0.29, 0.717) is 11.4 Å². The van der Waals surface area contributed by atoms with E-state index in [0.717, 1.165) is 22.0 Å². The zero-order chi connectivity index (χ0) is 16.6. The van der Waals surface area contributed by atoms with Crippen LogP contribution in [0.1, 0.15) is 46.5 Å². The number of fused-ring (bicyclic) bond motifs is 1. The van der Waals surface area contributed by atoms with Crippen molar-refractivity contribution < 1.29 is 9.18 Å². The van der Waals surface area contributed by atoms with Gasteiger partial charge in [-0.25, -0.2) is 4.39 Å². The molecule has 0 radical (unpaired) electrons. The minimum Gasteiger partial charge on any atom is -0.347 e. The summed E-state index contributed by atoms with van der Waals surface area (Å²) in [5, 5.41) is 11.2. The second-order valence-electron chi connectivity index (χ2n) is 5.66. The van der Waals surface area contributed by atoms with E-state index < -0.39 is 0 Å². The Balaban J connectivity index is 1.81. The summed E-state index contributed by atoms with van der Waals surface area (Å²) in [4.78, 5) is 13.8. The second-order valence-corrected chi connectivity index (χ2v) is 6.63. The number of aryl methyl sites for hydroxylation is 1. The Hall–Kier alpha value is -2.28. The van der Waals surface area contributed by atoms with Gasteiger partial charge < -0.3 is 5.32 Å². The summed E-state index contributed by atoms with van der Waals surface area (Å²) in [6.07, 6.45) is 0. The minimum atomic E-state index is -0.288. The van der Waals surface area contributed by atoms with E-state index in [1.165, 1.54) is 23.5 Å². The van der Waals surface area contributed by atoms with Crippen LogP contribution < -0.4 is 5.32 Å². The molecule has 120 valence electrons. The third-order valence-corrected chi connectivity index (χ3v) is 4.74. The normalized spacial score (nSPS) is 11.3. The molecule has 0 atom stereocenters. The van der Waals surface area contributed by atoms with Crippen molar-refractivity contribution >= 4 is 22.2 Å². The number of carbonyl (C=O) groups excluding carboxylic acids is 1. The van der Waals surface area contributed by atoms with Gasteiger partial charge in [0.25, 0.3) is 5.91 Å². The highest BCUT2D eigenvalue weighted by atomic mass is 32.1. The molecule has 0 aliphatic carbocycles. The SMILES string of the molecule is Cc1c(C(=O)NCc2ccc(F)cc2)sc2nnc(C(C)C)n12. The summed E-state index contributed by atoms with van der Waals surface area (Å²) < 4.78 is 14.8. The molecule has 0 unspecified atom stereocenters. The van der Waals surface area contributed by atoms with Crippen molar-refractivity contribution in [2.75, 3.05) is 0 Å². The number of nitrogens with zero attached hydrogens (tertiary/aromatic N) is 3. The number of rotatable bonds is 4. The molecule has 0 aliphatic heterocycles. The molecule has 0 saturated heterocycles. The van der Waals surface area contributed by atoms with Crippen molar-refractivity contribution in [3.8, 4) is 0 Å². The van der Waals surface area contributed by atoms with E-state index >= 15 is 0 Å². The molecule has 0 aliphatic rings. The van der Waals surface area contributed by atoms with Crippen LogP contribution in [0.2, 0.25) is 0 Å². The van der Waals surface area contributed by atoms with Crippen LogP contribution in [0.25, 0.3) is 4.96 Å². The average Bonchev–Trinajstić information content (AvgIpc) is 3.07. The Morgan fingerprint density at radius 1 is 1.30 bits per heavy atom. The smallest absolute Gasteiger partial charge is 0.263 e. The maximum atomic E-state index is 12.9. The van der Waals surface area contributed by atoms with Crippen LogP contribution in [0.15, 0.2) is 24.3 Å². The molecule has 3 rings (SSSR count). The number of carbonyl (C=O) groups is 1. The van der Waals surface area contributed by atoms with Crippen molar-refractivity contribution in [2.45, 2.75) is 33.2 Å². The van der Waals surface area contributed by atoms with E-state index in [9.17, 15) is 9.18 Å². The van der Waals surface area contributed by atoms with Crippen molar-refractivity contribution in [3.05, 3.63) is 52.0 Å². The van der Waals surface area contributed by atoms with E-state index in [4.69, 9.17) is 0 Å². The third kappa shape index (κ3) is 2.96. The first kappa shape index (κ1) is 15.6. The van der Waals surface area contributed by atoms with E-state index in [1.54, 1.807) is 12.1 Å². The molecular weight excluding hydrogens is 315 g/mol. The number of benzene rings is 1. The van der Waals surface area contributed by atoms with Crippen molar-refractivity contribution in [3.63, 3.8) is 0 Å². The van der Waals surface area contributed by atoms with E-state index in [-0.39, 0.29) is 17.6 Å². The second kappa shape index (κ2) is 6.08. The predicted molar refractivity (Wildman–Crippen MR) is 87.3 cm³/mol. The zero-order valence-electron chi connectivity index (χ0n) is 13.1. The molecule has 7 heteroatoms. The molecule has 1 amide bonds. The highest BCUT2D eigenvalue weighted by Gasteiger charge is 2.20. The van der Waals surface area contributed by atoms with Crippen molar-refractivity contribution in [1.29, 1.82) is 0 Å². The predicted octanol–water partition coefficient (Wildman–Crippen LogP) is 3.29. The van der Waals surface area contributed by atoms with Gasteiger partial charge >= 0.3 is 0 Å². The van der Waals surface area contributed by atoms with Gasteiger partial charge in [-0.1, -0.05) is 37.3 Å². The first-order valence-electron chi connectivity index (χ1n) is 7.34. The van der Waals surface area contributed by atoms with E-state index in [2.05, 4.69) is 15.5 Å². The number of halogens is 1. The molecular formula is C16H17FN4OS. The van der Waals surface area contributed by atoms with Crippen LogP contribution in [0, 0.1) is 12.7 Å². The lowest BCUT2D eigenvalue weighted by atomic mass is 10.2. The highest BCUT2D eigenvalue weighted by Crippen LogP contribution is 2.25. The van der Waals surface area contributed by atoms with Crippen LogP contribution in [0.3, 0.4) is 0 Å².